The Bertz CT molecular complexity index is 414. The zero-order chi connectivity index (χ0) is 12.9. The van der Waals surface area contributed by atoms with Gasteiger partial charge < -0.3 is 0 Å². The zero-order valence-corrected chi connectivity index (χ0v) is 12.3. The van der Waals surface area contributed by atoms with Crippen molar-refractivity contribution in [2.24, 2.45) is 11.8 Å². The van der Waals surface area contributed by atoms with E-state index in [1.165, 1.54) is 25.7 Å². The Morgan fingerprint density at radius 2 is 1.11 bits per heavy atom. The average Bonchev–Trinajstić information content (AvgIpc) is 2.34. The maximum atomic E-state index is 2.56. The second-order valence-electron chi connectivity index (χ2n) is 6.99. The van der Waals surface area contributed by atoms with Crippen LogP contribution in [0.4, 0.5) is 0 Å². The highest BCUT2D eigenvalue weighted by atomic mass is 14.3. The highest BCUT2D eigenvalue weighted by Crippen LogP contribution is 2.42. The van der Waals surface area contributed by atoms with Crippen LogP contribution in [0.2, 0.25) is 0 Å². The molecule has 18 heavy (non-hydrogen) atoms. The van der Waals surface area contributed by atoms with Crippen molar-refractivity contribution >= 4 is 0 Å². The number of fused-ring (bicyclic) bond motifs is 2. The lowest BCUT2D eigenvalue weighted by Gasteiger charge is -2.33. The Hall–Kier alpha value is -0.780. The maximum absolute atomic E-state index is 2.56. The van der Waals surface area contributed by atoms with E-state index in [1.807, 2.05) is 0 Å². The van der Waals surface area contributed by atoms with E-state index in [-0.39, 0.29) is 0 Å². The largest absolute Gasteiger partial charge is 0.0619 e. The van der Waals surface area contributed by atoms with E-state index >= 15 is 0 Å². The van der Waals surface area contributed by atoms with Gasteiger partial charge in [0, 0.05) is 0 Å². The molecule has 0 bridgehead atoms. The van der Waals surface area contributed by atoms with Crippen molar-refractivity contribution in [3.63, 3.8) is 0 Å². The Morgan fingerprint density at radius 1 is 0.722 bits per heavy atom. The summed E-state index contributed by atoms with van der Waals surface area (Å²) in [6.07, 6.45) is 5.34. The van der Waals surface area contributed by atoms with Gasteiger partial charge >= 0.3 is 0 Å². The fourth-order valence-corrected chi connectivity index (χ4v) is 3.87. The van der Waals surface area contributed by atoms with Crippen LogP contribution in [0, 0.1) is 11.8 Å². The van der Waals surface area contributed by atoms with Crippen LogP contribution >= 0.6 is 0 Å². The first-order valence-corrected chi connectivity index (χ1v) is 7.71. The van der Waals surface area contributed by atoms with Crippen molar-refractivity contribution in [3.05, 3.63) is 34.4 Å². The molecular weight excluding hydrogens is 216 g/mol. The molecule has 0 amide bonds. The van der Waals surface area contributed by atoms with E-state index in [0.717, 1.165) is 23.7 Å². The minimum Gasteiger partial charge on any atom is -0.0619 e. The summed E-state index contributed by atoms with van der Waals surface area (Å²) >= 11 is 0. The first kappa shape index (κ1) is 12.3. The zero-order valence-electron chi connectivity index (χ0n) is 12.3. The topological polar surface area (TPSA) is 0 Å². The molecule has 0 heterocycles. The van der Waals surface area contributed by atoms with Gasteiger partial charge in [0.25, 0.3) is 0 Å². The van der Waals surface area contributed by atoms with Gasteiger partial charge in [-0.2, -0.15) is 0 Å². The molecule has 0 aliphatic heterocycles. The standard InChI is InChI=1S/C18H26/c1-11-5-6-12(2)18-10-16-8-14(4)13(3)7-15(16)9-17(11)18/h9-14H,5-8H2,1-4H3. The molecule has 0 spiro atoms. The Morgan fingerprint density at radius 3 is 1.50 bits per heavy atom. The maximum Gasteiger partial charge on any atom is -0.0187 e. The Kier molecular flexibility index (Phi) is 3.00. The predicted molar refractivity (Wildman–Crippen MR) is 78.2 cm³/mol. The molecule has 0 nitrogen and oxygen atoms in total. The highest BCUT2D eigenvalue weighted by Gasteiger charge is 2.27. The van der Waals surface area contributed by atoms with Crippen molar-refractivity contribution in [1.29, 1.82) is 0 Å². The molecule has 0 N–H and O–H groups in total. The minimum absolute atomic E-state index is 0.774. The number of hydrogen-bond acceptors (Lipinski definition) is 0. The third-order valence-electron chi connectivity index (χ3n) is 5.55. The number of hydrogen-bond donors (Lipinski definition) is 0. The van der Waals surface area contributed by atoms with E-state index in [9.17, 15) is 0 Å². The van der Waals surface area contributed by atoms with Gasteiger partial charge in [0.15, 0.2) is 0 Å². The van der Waals surface area contributed by atoms with Crippen molar-refractivity contribution in [2.45, 2.75) is 65.2 Å². The van der Waals surface area contributed by atoms with Crippen LogP contribution in [0.3, 0.4) is 0 Å². The van der Waals surface area contributed by atoms with Crippen molar-refractivity contribution in [2.75, 3.05) is 0 Å². The minimum atomic E-state index is 0.774. The fourth-order valence-electron chi connectivity index (χ4n) is 3.87. The van der Waals surface area contributed by atoms with E-state index in [0.29, 0.717) is 0 Å². The van der Waals surface area contributed by atoms with E-state index < -0.39 is 0 Å². The lowest BCUT2D eigenvalue weighted by atomic mass is 9.72. The second kappa shape index (κ2) is 4.40. The summed E-state index contributed by atoms with van der Waals surface area (Å²) in [4.78, 5) is 0. The summed E-state index contributed by atoms with van der Waals surface area (Å²) in [5.74, 6) is 3.26. The van der Waals surface area contributed by atoms with Crippen LogP contribution in [0.1, 0.15) is 74.6 Å². The third-order valence-corrected chi connectivity index (χ3v) is 5.55. The molecule has 2 aliphatic carbocycles. The smallest absolute Gasteiger partial charge is 0.0187 e. The quantitative estimate of drug-likeness (QED) is 0.596. The molecule has 0 fully saturated rings. The summed E-state index contributed by atoms with van der Waals surface area (Å²) in [5.41, 5.74) is 6.63. The molecule has 3 rings (SSSR count). The lowest BCUT2D eigenvalue weighted by Crippen LogP contribution is -2.22. The number of benzene rings is 1. The van der Waals surface area contributed by atoms with Gasteiger partial charge in [0.1, 0.15) is 0 Å². The molecule has 0 aromatic heterocycles. The van der Waals surface area contributed by atoms with Gasteiger partial charge in [0.05, 0.1) is 0 Å². The first-order valence-electron chi connectivity index (χ1n) is 7.71. The fraction of sp³-hybridized carbons (Fsp3) is 0.667. The van der Waals surface area contributed by atoms with Crippen LogP contribution in [0.5, 0.6) is 0 Å². The molecule has 0 heteroatoms. The number of rotatable bonds is 0. The molecule has 4 atom stereocenters. The summed E-state index contributed by atoms with van der Waals surface area (Å²) in [7, 11) is 0. The van der Waals surface area contributed by atoms with E-state index in [2.05, 4.69) is 39.8 Å². The van der Waals surface area contributed by atoms with Gasteiger partial charge in [-0.3, -0.25) is 0 Å². The Labute approximate surface area is 112 Å². The SMILES string of the molecule is CC1CCC(C)c2cc3c(cc21)CC(C)C(C)C3. The van der Waals surface area contributed by atoms with Crippen LogP contribution in [0.25, 0.3) is 0 Å². The summed E-state index contributed by atoms with van der Waals surface area (Å²) in [6, 6.07) is 5.13. The second-order valence-corrected chi connectivity index (χ2v) is 6.99. The summed E-state index contributed by atoms with van der Waals surface area (Å²) in [5, 5.41) is 0. The highest BCUT2D eigenvalue weighted by molar-refractivity contribution is 5.44. The normalized spacial score (nSPS) is 34.9. The van der Waals surface area contributed by atoms with Crippen LogP contribution in [-0.4, -0.2) is 0 Å². The molecule has 1 aromatic rings. The van der Waals surface area contributed by atoms with E-state index in [1.54, 1.807) is 22.3 Å². The molecule has 2 aliphatic rings. The van der Waals surface area contributed by atoms with Gasteiger partial charge in [0.2, 0.25) is 0 Å². The molecule has 0 radical (unpaired) electrons. The molecule has 0 saturated carbocycles. The van der Waals surface area contributed by atoms with Gasteiger partial charge in [-0.05, 0) is 71.6 Å². The monoisotopic (exact) mass is 242 g/mol. The molecular formula is C18H26. The molecule has 0 saturated heterocycles. The third kappa shape index (κ3) is 1.90. The van der Waals surface area contributed by atoms with Gasteiger partial charge in [-0.1, -0.05) is 39.8 Å². The Balaban J connectivity index is 2.07. The first-order chi connectivity index (χ1) is 8.56. The summed E-state index contributed by atoms with van der Waals surface area (Å²) in [6.45, 7) is 9.65. The van der Waals surface area contributed by atoms with Gasteiger partial charge in [-0.25, -0.2) is 0 Å². The molecule has 98 valence electrons. The van der Waals surface area contributed by atoms with Gasteiger partial charge in [-0.15, -0.1) is 0 Å². The van der Waals surface area contributed by atoms with Crippen molar-refractivity contribution in [1.82, 2.24) is 0 Å². The van der Waals surface area contributed by atoms with Crippen molar-refractivity contribution in [3.8, 4) is 0 Å². The lowest BCUT2D eigenvalue weighted by molar-refractivity contribution is 0.360. The average molecular weight is 242 g/mol. The van der Waals surface area contributed by atoms with Crippen molar-refractivity contribution < 1.29 is 0 Å². The molecule has 4 unspecified atom stereocenters. The van der Waals surface area contributed by atoms with Crippen LogP contribution in [0.15, 0.2) is 12.1 Å². The summed E-state index contributed by atoms with van der Waals surface area (Å²) < 4.78 is 0. The van der Waals surface area contributed by atoms with Crippen LogP contribution < -0.4 is 0 Å². The molecule has 1 aromatic carbocycles. The van der Waals surface area contributed by atoms with E-state index in [4.69, 9.17) is 0 Å². The predicted octanol–water partition coefficient (Wildman–Crippen LogP) is 5.06. The van der Waals surface area contributed by atoms with Crippen LogP contribution in [-0.2, 0) is 12.8 Å².